The molecule has 1 aromatic heterocycles. The molecule has 4 heteroatoms. The van der Waals surface area contributed by atoms with E-state index in [2.05, 4.69) is 52.3 Å². The molecular weight excluding hydrogens is 372 g/mol. The minimum absolute atomic E-state index is 0.366. The minimum atomic E-state index is -0.560. The number of methoxy groups -OCH3 is 1. The molecule has 0 aliphatic heterocycles. The van der Waals surface area contributed by atoms with Crippen molar-refractivity contribution in [3.8, 4) is 5.75 Å². The molecule has 156 valence electrons. The lowest BCUT2D eigenvalue weighted by molar-refractivity contribution is 0.0776. The van der Waals surface area contributed by atoms with Gasteiger partial charge in [0.2, 0.25) is 0 Å². The Labute approximate surface area is 179 Å². The van der Waals surface area contributed by atoms with Crippen molar-refractivity contribution in [3.63, 3.8) is 0 Å². The molecule has 0 fully saturated rings. The fourth-order valence-electron chi connectivity index (χ4n) is 4.42. The van der Waals surface area contributed by atoms with E-state index < -0.39 is 6.10 Å². The van der Waals surface area contributed by atoms with Crippen LogP contribution >= 0.6 is 0 Å². The number of hydrogen-bond donors (Lipinski definition) is 1. The van der Waals surface area contributed by atoms with Crippen molar-refractivity contribution in [3.05, 3.63) is 95.3 Å². The maximum atomic E-state index is 10.9. The standard InChI is InChI=1S/C26H30N2O2/c1-30-25-13-12-21-9-5-11-24(15-23(21)16-25)28(18-20-7-3-2-4-8-20)19-26(29)22-10-6-14-27-17-22/h2-4,6-8,10,12-14,16-17,24,26,29H,5,9,11,15,18-19H2,1H3. The van der Waals surface area contributed by atoms with Crippen molar-refractivity contribution in [2.24, 2.45) is 0 Å². The van der Waals surface area contributed by atoms with E-state index in [9.17, 15) is 5.11 Å². The van der Waals surface area contributed by atoms with Crippen LogP contribution in [0.1, 0.15) is 41.2 Å². The van der Waals surface area contributed by atoms with Crippen LogP contribution in [0.4, 0.5) is 0 Å². The summed E-state index contributed by atoms with van der Waals surface area (Å²) in [6.07, 6.45) is 7.28. The average molecular weight is 403 g/mol. The van der Waals surface area contributed by atoms with Crippen molar-refractivity contribution >= 4 is 0 Å². The van der Waals surface area contributed by atoms with Gasteiger partial charge >= 0.3 is 0 Å². The normalized spacial score (nSPS) is 17.2. The van der Waals surface area contributed by atoms with E-state index in [-0.39, 0.29) is 0 Å². The zero-order valence-electron chi connectivity index (χ0n) is 17.6. The highest BCUT2D eigenvalue weighted by atomic mass is 16.5. The Morgan fingerprint density at radius 2 is 1.97 bits per heavy atom. The number of ether oxygens (including phenoxy) is 1. The van der Waals surface area contributed by atoms with Gasteiger partial charge in [-0.2, -0.15) is 0 Å². The monoisotopic (exact) mass is 402 g/mol. The van der Waals surface area contributed by atoms with Crippen LogP contribution < -0.4 is 4.74 Å². The molecule has 1 aliphatic carbocycles. The van der Waals surface area contributed by atoms with Crippen LogP contribution in [0, 0.1) is 0 Å². The molecule has 0 radical (unpaired) electrons. The molecule has 4 rings (SSSR count). The van der Waals surface area contributed by atoms with Crippen LogP contribution in [0.2, 0.25) is 0 Å². The van der Waals surface area contributed by atoms with E-state index in [1.807, 2.05) is 18.2 Å². The summed E-state index contributed by atoms with van der Waals surface area (Å²) >= 11 is 0. The summed E-state index contributed by atoms with van der Waals surface area (Å²) in [5.41, 5.74) is 4.92. The van der Waals surface area contributed by atoms with E-state index >= 15 is 0 Å². The van der Waals surface area contributed by atoms with Gasteiger partial charge in [-0.15, -0.1) is 0 Å². The molecule has 2 aromatic carbocycles. The Morgan fingerprint density at radius 3 is 2.73 bits per heavy atom. The summed E-state index contributed by atoms with van der Waals surface area (Å²) in [6, 6.07) is 21.2. The van der Waals surface area contributed by atoms with Crippen LogP contribution in [-0.4, -0.2) is 34.7 Å². The summed E-state index contributed by atoms with van der Waals surface area (Å²) in [6.45, 7) is 1.41. The first-order valence-electron chi connectivity index (χ1n) is 10.7. The second kappa shape index (κ2) is 9.88. The number of hydrogen-bond acceptors (Lipinski definition) is 4. The molecule has 2 atom stereocenters. The maximum Gasteiger partial charge on any atom is 0.119 e. The number of nitrogens with zero attached hydrogens (tertiary/aromatic N) is 2. The predicted molar refractivity (Wildman–Crippen MR) is 119 cm³/mol. The minimum Gasteiger partial charge on any atom is -0.497 e. The third kappa shape index (κ3) is 5.07. The third-order valence-electron chi connectivity index (χ3n) is 6.07. The van der Waals surface area contributed by atoms with Crippen LogP contribution in [0.5, 0.6) is 5.75 Å². The number of pyridine rings is 1. The van der Waals surface area contributed by atoms with E-state index in [4.69, 9.17) is 4.74 Å². The van der Waals surface area contributed by atoms with Gasteiger partial charge in [0, 0.05) is 37.1 Å². The summed E-state index contributed by atoms with van der Waals surface area (Å²) in [7, 11) is 1.72. The molecule has 0 saturated heterocycles. The summed E-state index contributed by atoms with van der Waals surface area (Å²) in [5.74, 6) is 0.916. The zero-order valence-corrected chi connectivity index (χ0v) is 17.6. The molecule has 0 spiro atoms. The number of fused-ring (bicyclic) bond motifs is 1. The smallest absolute Gasteiger partial charge is 0.119 e. The topological polar surface area (TPSA) is 45.6 Å². The molecule has 1 N–H and O–H groups in total. The Morgan fingerprint density at radius 1 is 1.10 bits per heavy atom. The van der Waals surface area contributed by atoms with Crippen molar-refractivity contribution < 1.29 is 9.84 Å². The first-order chi connectivity index (χ1) is 14.7. The molecule has 3 aromatic rings. The molecule has 4 nitrogen and oxygen atoms in total. The summed E-state index contributed by atoms with van der Waals surface area (Å²) in [4.78, 5) is 6.63. The van der Waals surface area contributed by atoms with Gasteiger partial charge in [-0.1, -0.05) is 42.5 Å². The summed E-state index contributed by atoms with van der Waals surface area (Å²) < 4.78 is 5.47. The number of aliphatic hydroxyl groups excluding tert-OH is 1. The lowest BCUT2D eigenvalue weighted by atomic mass is 9.99. The molecular formula is C26H30N2O2. The average Bonchev–Trinajstić information content (AvgIpc) is 3.01. The number of rotatable bonds is 7. The van der Waals surface area contributed by atoms with Crippen LogP contribution in [0.3, 0.4) is 0 Å². The fraction of sp³-hybridized carbons (Fsp3) is 0.346. The maximum absolute atomic E-state index is 10.9. The van der Waals surface area contributed by atoms with Crippen molar-refractivity contribution in [2.75, 3.05) is 13.7 Å². The third-order valence-corrected chi connectivity index (χ3v) is 6.07. The van der Waals surface area contributed by atoms with Gasteiger partial charge in [0.05, 0.1) is 13.2 Å². The Hall–Kier alpha value is -2.69. The molecule has 2 unspecified atom stereocenters. The molecule has 0 bridgehead atoms. The molecule has 0 saturated carbocycles. The second-order valence-corrected chi connectivity index (χ2v) is 8.10. The Balaban J connectivity index is 1.59. The first-order valence-corrected chi connectivity index (χ1v) is 10.7. The van der Waals surface area contributed by atoms with Crippen LogP contribution in [-0.2, 0) is 19.4 Å². The zero-order chi connectivity index (χ0) is 20.8. The number of aliphatic hydroxyl groups is 1. The SMILES string of the molecule is COc1ccc2c(c1)CC(N(Cc1ccccc1)CC(O)c1cccnc1)CCC2. The van der Waals surface area contributed by atoms with Gasteiger partial charge in [-0.3, -0.25) is 9.88 Å². The number of aryl methyl sites for hydroxylation is 1. The highest BCUT2D eigenvalue weighted by Gasteiger charge is 2.25. The van der Waals surface area contributed by atoms with E-state index in [1.54, 1.807) is 19.5 Å². The largest absolute Gasteiger partial charge is 0.497 e. The van der Waals surface area contributed by atoms with Crippen molar-refractivity contribution in [1.82, 2.24) is 9.88 Å². The van der Waals surface area contributed by atoms with Crippen molar-refractivity contribution in [1.29, 1.82) is 0 Å². The Kier molecular flexibility index (Phi) is 6.77. The molecule has 30 heavy (non-hydrogen) atoms. The van der Waals surface area contributed by atoms with Crippen LogP contribution in [0.25, 0.3) is 0 Å². The predicted octanol–water partition coefficient (Wildman–Crippen LogP) is 4.57. The van der Waals surface area contributed by atoms with E-state index in [0.29, 0.717) is 12.6 Å². The quantitative estimate of drug-likeness (QED) is 0.588. The lowest BCUT2D eigenvalue weighted by Gasteiger charge is -2.33. The van der Waals surface area contributed by atoms with Gasteiger partial charge < -0.3 is 9.84 Å². The lowest BCUT2D eigenvalue weighted by Crippen LogP contribution is -2.39. The molecule has 1 aliphatic rings. The van der Waals surface area contributed by atoms with E-state index in [0.717, 1.165) is 43.5 Å². The van der Waals surface area contributed by atoms with Gasteiger partial charge in [0.25, 0.3) is 0 Å². The van der Waals surface area contributed by atoms with Gasteiger partial charge in [0.1, 0.15) is 5.75 Å². The summed E-state index contributed by atoms with van der Waals surface area (Å²) in [5, 5.41) is 10.9. The van der Waals surface area contributed by atoms with E-state index in [1.165, 1.54) is 16.7 Å². The number of aromatic nitrogens is 1. The Bertz CT molecular complexity index is 930. The molecule has 0 amide bonds. The highest BCUT2D eigenvalue weighted by Crippen LogP contribution is 2.29. The highest BCUT2D eigenvalue weighted by molar-refractivity contribution is 5.37. The van der Waals surface area contributed by atoms with Gasteiger partial charge in [0.15, 0.2) is 0 Å². The van der Waals surface area contributed by atoms with Crippen molar-refractivity contribution in [2.45, 2.75) is 44.4 Å². The van der Waals surface area contributed by atoms with Crippen LogP contribution in [0.15, 0.2) is 73.1 Å². The second-order valence-electron chi connectivity index (χ2n) is 8.10. The first kappa shape index (κ1) is 20.6. The number of benzene rings is 2. The van der Waals surface area contributed by atoms with Gasteiger partial charge in [-0.25, -0.2) is 0 Å². The molecule has 1 heterocycles. The fourth-order valence-corrected chi connectivity index (χ4v) is 4.42. The van der Waals surface area contributed by atoms with Gasteiger partial charge in [-0.05, 0) is 60.6 Å².